The van der Waals surface area contributed by atoms with Crippen LogP contribution in [0.2, 0.25) is 0 Å². The number of pyridine rings is 1. The first-order chi connectivity index (χ1) is 19.1. The van der Waals surface area contributed by atoms with E-state index >= 15 is 0 Å². The summed E-state index contributed by atoms with van der Waals surface area (Å²) in [4.78, 5) is 31.8. The zero-order valence-corrected chi connectivity index (χ0v) is 20.6. The SMILES string of the molecule is C[C@H](C[C@H](F)Cn1ccc2cc(-c3ncc(OC(F)(F)F)cn3)c(F)cc2c1=O)Nc1cn[nH]c(=O)c1C(F)(F)F. The lowest BCUT2D eigenvalue weighted by atomic mass is 10.1. The molecule has 0 saturated heterocycles. The molecular formula is C24H18F8N6O3. The number of hydrogen-bond acceptors (Lipinski definition) is 7. The van der Waals surface area contributed by atoms with Gasteiger partial charge in [-0.25, -0.2) is 23.8 Å². The van der Waals surface area contributed by atoms with Gasteiger partial charge >= 0.3 is 12.5 Å². The zero-order chi connectivity index (χ0) is 30.1. The molecule has 0 spiro atoms. The van der Waals surface area contributed by atoms with E-state index < -0.39 is 65.2 Å². The highest BCUT2D eigenvalue weighted by Gasteiger charge is 2.37. The molecule has 0 aliphatic carbocycles. The molecule has 2 N–H and O–H groups in total. The number of nitrogens with one attached hydrogen (secondary N) is 2. The second-order valence-electron chi connectivity index (χ2n) is 8.85. The standard InChI is InChI=1S/C24H18F8N6O3/c1-11(36-18-9-35-37-21(39)19(18)23(27,28)29)4-13(25)10-38-3-2-12-5-16(17(26)6-15(12)22(38)40)20-33-7-14(8-34-20)41-24(30,31)32/h2-3,5-9,11,13H,4,10H2,1H3,(H2,36,37,39)/t11-,13+/m1/s1. The lowest BCUT2D eigenvalue weighted by Crippen LogP contribution is -2.30. The Hall–Kier alpha value is -4.57. The van der Waals surface area contributed by atoms with E-state index in [0.29, 0.717) is 12.4 Å². The van der Waals surface area contributed by atoms with Crippen LogP contribution in [0.25, 0.3) is 22.2 Å². The van der Waals surface area contributed by atoms with Gasteiger partial charge < -0.3 is 14.6 Å². The molecule has 218 valence electrons. The second-order valence-corrected chi connectivity index (χ2v) is 8.85. The van der Waals surface area contributed by atoms with E-state index in [9.17, 15) is 44.7 Å². The predicted molar refractivity (Wildman–Crippen MR) is 128 cm³/mol. The van der Waals surface area contributed by atoms with Crippen LogP contribution in [0.3, 0.4) is 0 Å². The molecule has 0 saturated carbocycles. The third-order valence-electron chi connectivity index (χ3n) is 5.71. The summed E-state index contributed by atoms with van der Waals surface area (Å²) in [6, 6.07) is 2.50. The molecule has 17 heteroatoms. The van der Waals surface area contributed by atoms with Crippen LogP contribution in [0.15, 0.2) is 52.6 Å². The van der Waals surface area contributed by atoms with Crippen molar-refractivity contribution in [3.8, 4) is 17.1 Å². The minimum atomic E-state index is -4.99. The van der Waals surface area contributed by atoms with Crippen molar-refractivity contribution in [2.24, 2.45) is 0 Å². The molecule has 0 fully saturated rings. The van der Waals surface area contributed by atoms with E-state index in [4.69, 9.17) is 0 Å². The number of fused-ring (bicyclic) bond motifs is 1. The molecule has 0 radical (unpaired) electrons. The molecule has 0 bridgehead atoms. The number of nitrogens with zero attached hydrogens (tertiary/aromatic N) is 4. The molecule has 41 heavy (non-hydrogen) atoms. The van der Waals surface area contributed by atoms with Gasteiger partial charge in [0.25, 0.3) is 11.1 Å². The highest BCUT2D eigenvalue weighted by Crippen LogP contribution is 2.32. The van der Waals surface area contributed by atoms with Crippen LogP contribution in [-0.4, -0.2) is 43.3 Å². The molecule has 0 aliphatic heterocycles. The maximum absolute atomic E-state index is 14.9. The number of hydrogen-bond donors (Lipinski definition) is 2. The minimum Gasteiger partial charge on any atom is -0.402 e. The van der Waals surface area contributed by atoms with Crippen LogP contribution in [0.5, 0.6) is 5.75 Å². The summed E-state index contributed by atoms with van der Waals surface area (Å²) in [6.07, 6.45) is -8.70. The Labute approximate surface area is 223 Å². The number of aromatic amines is 1. The van der Waals surface area contributed by atoms with E-state index in [1.165, 1.54) is 25.3 Å². The summed E-state index contributed by atoms with van der Waals surface area (Å²) in [5, 5.41) is 7.48. The maximum Gasteiger partial charge on any atom is 0.573 e. The van der Waals surface area contributed by atoms with Crippen LogP contribution in [-0.2, 0) is 12.7 Å². The van der Waals surface area contributed by atoms with Gasteiger partial charge in [-0.05, 0) is 30.5 Å². The third-order valence-corrected chi connectivity index (χ3v) is 5.71. The van der Waals surface area contributed by atoms with E-state index in [1.54, 1.807) is 5.10 Å². The third kappa shape index (κ3) is 6.96. The van der Waals surface area contributed by atoms with Gasteiger partial charge in [0.15, 0.2) is 11.6 Å². The fourth-order valence-corrected chi connectivity index (χ4v) is 4.05. The fourth-order valence-electron chi connectivity index (χ4n) is 4.05. The van der Waals surface area contributed by atoms with Crippen molar-refractivity contribution in [1.29, 1.82) is 0 Å². The Balaban J connectivity index is 1.50. The summed E-state index contributed by atoms with van der Waals surface area (Å²) in [5.41, 5.74) is -4.61. The molecule has 4 rings (SSSR count). The highest BCUT2D eigenvalue weighted by atomic mass is 19.4. The van der Waals surface area contributed by atoms with Crippen molar-refractivity contribution in [2.45, 2.75) is 44.6 Å². The lowest BCUT2D eigenvalue weighted by molar-refractivity contribution is -0.274. The molecule has 0 amide bonds. The molecule has 9 nitrogen and oxygen atoms in total. The Morgan fingerprint density at radius 2 is 1.76 bits per heavy atom. The normalized spacial score (nSPS) is 13.7. The number of ether oxygens (including phenoxy) is 1. The Morgan fingerprint density at radius 1 is 1.07 bits per heavy atom. The van der Waals surface area contributed by atoms with Crippen molar-refractivity contribution in [1.82, 2.24) is 24.7 Å². The minimum absolute atomic E-state index is 0.145. The molecule has 3 aromatic heterocycles. The Morgan fingerprint density at radius 3 is 2.39 bits per heavy atom. The number of H-pyrrole nitrogens is 1. The van der Waals surface area contributed by atoms with E-state index in [-0.39, 0.29) is 28.6 Å². The second kappa shape index (κ2) is 11.1. The number of alkyl halides is 7. The maximum atomic E-state index is 14.9. The Bertz CT molecular complexity index is 1670. The first-order valence-corrected chi connectivity index (χ1v) is 11.6. The lowest BCUT2D eigenvalue weighted by Gasteiger charge is -2.20. The molecule has 4 aromatic rings. The number of halogens is 8. The average Bonchev–Trinajstić information content (AvgIpc) is 2.84. The number of benzene rings is 1. The summed E-state index contributed by atoms with van der Waals surface area (Å²) in [6.45, 7) is 0.853. The van der Waals surface area contributed by atoms with Crippen molar-refractivity contribution in [3.05, 3.63) is 75.1 Å². The van der Waals surface area contributed by atoms with Crippen LogP contribution in [0.1, 0.15) is 18.9 Å². The van der Waals surface area contributed by atoms with Crippen molar-refractivity contribution >= 4 is 16.5 Å². The highest BCUT2D eigenvalue weighted by molar-refractivity contribution is 5.86. The molecule has 3 heterocycles. The largest absolute Gasteiger partial charge is 0.573 e. The van der Waals surface area contributed by atoms with Gasteiger partial charge in [-0.2, -0.15) is 18.3 Å². The van der Waals surface area contributed by atoms with Gasteiger partial charge in [0.2, 0.25) is 0 Å². The van der Waals surface area contributed by atoms with Gasteiger partial charge in [0.1, 0.15) is 17.6 Å². The number of aromatic nitrogens is 5. The molecule has 1 aromatic carbocycles. The number of anilines is 1. The van der Waals surface area contributed by atoms with E-state index in [0.717, 1.165) is 16.8 Å². The van der Waals surface area contributed by atoms with Crippen LogP contribution in [0, 0.1) is 5.82 Å². The van der Waals surface area contributed by atoms with Crippen LogP contribution >= 0.6 is 0 Å². The van der Waals surface area contributed by atoms with Gasteiger partial charge in [-0.3, -0.25) is 9.59 Å². The smallest absolute Gasteiger partial charge is 0.402 e. The quantitative estimate of drug-likeness (QED) is 0.283. The van der Waals surface area contributed by atoms with Crippen molar-refractivity contribution < 1.29 is 39.9 Å². The van der Waals surface area contributed by atoms with Crippen LogP contribution < -0.4 is 21.2 Å². The van der Waals surface area contributed by atoms with Gasteiger partial charge in [0.05, 0.1) is 41.8 Å². The van der Waals surface area contributed by atoms with Crippen molar-refractivity contribution in [2.75, 3.05) is 5.32 Å². The monoisotopic (exact) mass is 590 g/mol. The average molecular weight is 590 g/mol. The van der Waals surface area contributed by atoms with E-state index in [1.807, 2.05) is 0 Å². The zero-order valence-electron chi connectivity index (χ0n) is 20.6. The van der Waals surface area contributed by atoms with E-state index in [2.05, 4.69) is 25.1 Å². The Kier molecular flexibility index (Phi) is 7.98. The first-order valence-electron chi connectivity index (χ1n) is 11.6. The first kappa shape index (κ1) is 29.4. The fraction of sp³-hybridized carbons (Fsp3) is 0.292. The summed E-state index contributed by atoms with van der Waals surface area (Å²) in [5.74, 6) is -1.97. The van der Waals surface area contributed by atoms with Gasteiger partial charge in [0, 0.05) is 18.7 Å². The summed E-state index contributed by atoms with van der Waals surface area (Å²) in [7, 11) is 0. The molecular weight excluding hydrogens is 572 g/mol. The van der Waals surface area contributed by atoms with Gasteiger partial charge in [-0.1, -0.05) is 0 Å². The molecule has 2 atom stereocenters. The van der Waals surface area contributed by atoms with Crippen molar-refractivity contribution in [3.63, 3.8) is 0 Å². The summed E-state index contributed by atoms with van der Waals surface area (Å²) >= 11 is 0. The van der Waals surface area contributed by atoms with Crippen LogP contribution in [0.4, 0.5) is 40.8 Å². The topological polar surface area (TPSA) is 115 Å². The predicted octanol–water partition coefficient (Wildman–Crippen LogP) is 4.83. The van der Waals surface area contributed by atoms with Gasteiger partial charge in [-0.15, -0.1) is 13.2 Å². The molecule has 0 aliphatic rings. The number of rotatable bonds is 8. The summed E-state index contributed by atoms with van der Waals surface area (Å²) < 4.78 is 111. The molecule has 0 unspecified atom stereocenters.